The Hall–Kier alpha value is -1.65. The number of hydrogen-bond acceptors (Lipinski definition) is 2. The van der Waals surface area contributed by atoms with Gasteiger partial charge in [-0.1, -0.05) is 0 Å². The van der Waals surface area contributed by atoms with Crippen LogP contribution in [0.25, 0.3) is 0 Å². The lowest BCUT2D eigenvalue weighted by atomic mass is 10.1. The minimum absolute atomic E-state index is 0.0225. The van der Waals surface area contributed by atoms with Crippen LogP contribution in [0.1, 0.15) is 29.0 Å². The minimum Gasteiger partial charge on any atom is -0.493 e. The van der Waals surface area contributed by atoms with E-state index in [4.69, 9.17) is 5.11 Å². The van der Waals surface area contributed by atoms with Crippen molar-refractivity contribution in [2.75, 3.05) is 7.11 Å². The highest BCUT2D eigenvalue weighted by Crippen LogP contribution is 2.28. The fraction of sp³-hybridized carbons (Fsp3) is 0.300. The Labute approximate surface area is 85.3 Å². The third-order valence-corrected chi connectivity index (χ3v) is 1.96. The van der Waals surface area contributed by atoms with Crippen molar-refractivity contribution in [1.29, 1.82) is 0 Å². The highest BCUT2D eigenvalue weighted by Gasteiger charge is 2.18. The fourth-order valence-corrected chi connectivity index (χ4v) is 1.21. The molecule has 0 heterocycles. The molecule has 0 aliphatic rings. The SMILES string of the molecule is COc1c(F)cc(C(C)F)cc1C(=O)O. The van der Waals surface area contributed by atoms with Gasteiger partial charge in [0.25, 0.3) is 0 Å². The molecule has 1 rings (SSSR count). The smallest absolute Gasteiger partial charge is 0.339 e. The summed E-state index contributed by atoms with van der Waals surface area (Å²) in [7, 11) is 1.16. The highest BCUT2D eigenvalue weighted by molar-refractivity contribution is 5.91. The van der Waals surface area contributed by atoms with E-state index in [0.29, 0.717) is 0 Å². The van der Waals surface area contributed by atoms with Crippen LogP contribution in [0.5, 0.6) is 5.75 Å². The van der Waals surface area contributed by atoms with Crippen molar-refractivity contribution in [2.45, 2.75) is 13.1 Å². The molecule has 1 aromatic carbocycles. The lowest BCUT2D eigenvalue weighted by Gasteiger charge is -2.09. The summed E-state index contributed by atoms with van der Waals surface area (Å²) in [6.45, 7) is 1.20. The Morgan fingerprint density at radius 2 is 2.13 bits per heavy atom. The maximum absolute atomic E-state index is 13.3. The van der Waals surface area contributed by atoms with Crippen molar-refractivity contribution in [2.24, 2.45) is 0 Å². The number of carboxylic acid groups (broad SMARTS) is 1. The summed E-state index contributed by atoms with van der Waals surface area (Å²) in [5.74, 6) is -2.61. The van der Waals surface area contributed by atoms with Gasteiger partial charge in [-0.3, -0.25) is 0 Å². The number of methoxy groups -OCH3 is 1. The van der Waals surface area contributed by atoms with Crippen molar-refractivity contribution in [3.05, 3.63) is 29.1 Å². The van der Waals surface area contributed by atoms with E-state index in [1.54, 1.807) is 0 Å². The molecule has 0 aromatic heterocycles. The number of alkyl halides is 1. The molecule has 82 valence electrons. The standard InChI is InChI=1S/C10H10F2O3/c1-5(11)6-3-7(10(13)14)9(15-2)8(12)4-6/h3-5H,1-2H3,(H,13,14). The Balaban J connectivity index is 3.38. The van der Waals surface area contributed by atoms with Crippen LogP contribution in [0.15, 0.2) is 12.1 Å². The number of halogens is 2. The van der Waals surface area contributed by atoms with Crippen LogP contribution in [-0.4, -0.2) is 18.2 Å². The number of aromatic carboxylic acids is 1. The molecule has 1 N–H and O–H groups in total. The van der Waals surface area contributed by atoms with E-state index in [0.717, 1.165) is 19.2 Å². The molecular weight excluding hydrogens is 206 g/mol. The molecule has 0 saturated carbocycles. The van der Waals surface area contributed by atoms with E-state index < -0.39 is 18.0 Å². The van der Waals surface area contributed by atoms with E-state index in [-0.39, 0.29) is 16.9 Å². The van der Waals surface area contributed by atoms with E-state index in [9.17, 15) is 13.6 Å². The zero-order valence-electron chi connectivity index (χ0n) is 8.25. The van der Waals surface area contributed by atoms with Gasteiger partial charge in [-0.05, 0) is 24.6 Å². The number of carboxylic acids is 1. The summed E-state index contributed by atoms with van der Waals surface area (Å²) >= 11 is 0. The summed E-state index contributed by atoms with van der Waals surface area (Å²) in [4.78, 5) is 10.7. The van der Waals surface area contributed by atoms with E-state index in [1.165, 1.54) is 6.92 Å². The van der Waals surface area contributed by atoms with Crippen LogP contribution in [0, 0.1) is 5.82 Å². The van der Waals surface area contributed by atoms with Gasteiger partial charge in [0.05, 0.1) is 7.11 Å². The molecule has 1 aromatic rings. The topological polar surface area (TPSA) is 46.5 Å². The van der Waals surface area contributed by atoms with Crippen LogP contribution in [0.2, 0.25) is 0 Å². The fourth-order valence-electron chi connectivity index (χ4n) is 1.21. The van der Waals surface area contributed by atoms with Crippen LogP contribution < -0.4 is 4.74 Å². The summed E-state index contributed by atoms with van der Waals surface area (Å²) in [6, 6.07) is 1.99. The number of carbonyl (C=O) groups is 1. The average molecular weight is 216 g/mol. The zero-order valence-corrected chi connectivity index (χ0v) is 8.25. The lowest BCUT2D eigenvalue weighted by Crippen LogP contribution is -2.04. The second-order valence-electron chi connectivity index (χ2n) is 3.00. The first kappa shape index (κ1) is 11.4. The quantitative estimate of drug-likeness (QED) is 0.844. The molecule has 0 spiro atoms. The minimum atomic E-state index is -1.43. The molecule has 1 atom stereocenters. The van der Waals surface area contributed by atoms with E-state index in [2.05, 4.69) is 4.74 Å². The molecule has 0 aliphatic carbocycles. The zero-order chi connectivity index (χ0) is 11.6. The van der Waals surface area contributed by atoms with Gasteiger partial charge < -0.3 is 9.84 Å². The average Bonchev–Trinajstić information content (AvgIpc) is 2.16. The second-order valence-corrected chi connectivity index (χ2v) is 3.00. The van der Waals surface area contributed by atoms with Crippen molar-refractivity contribution in [3.8, 4) is 5.75 Å². The Morgan fingerprint density at radius 3 is 2.53 bits per heavy atom. The van der Waals surface area contributed by atoms with Crippen molar-refractivity contribution in [3.63, 3.8) is 0 Å². The molecule has 0 amide bonds. The third kappa shape index (κ3) is 2.23. The molecule has 0 bridgehead atoms. The van der Waals surface area contributed by atoms with Crippen molar-refractivity contribution in [1.82, 2.24) is 0 Å². The summed E-state index contributed by atoms with van der Waals surface area (Å²) < 4.78 is 30.8. The highest BCUT2D eigenvalue weighted by atomic mass is 19.1. The van der Waals surface area contributed by atoms with Crippen molar-refractivity contribution >= 4 is 5.97 Å². The molecule has 3 nitrogen and oxygen atoms in total. The maximum Gasteiger partial charge on any atom is 0.339 e. The monoisotopic (exact) mass is 216 g/mol. The molecular formula is C10H10F2O3. The number of ether oxygens (including phenoxy) is 1. The van der Waals surface area contributed by atoms with E-state index in [1.807, 2.05) is 0 Å². The normalized spacial score (nSPS) is 12.3. The van der Waals surface area contributed by atoms with Gasteiger partial charge in [0.1, 0.15) is 11.7 Å². The second kappa shape index (κ2) is 4.25. The van der Waals surface area contributed by atoms with Crippen LogP contribution in [0.3, 0.4) is 0 Å². The van der Waals surface area contributed by atoms with Crippen LogP contribution in [0.4, 0.5) is 8.78 Å². The van der Waals surface area contributed by atoms with Gasteiger partial charge in [0, 0.05) is 0 Å². The van der Waals surface area contributed by atoms with Gasteiger partial charge in [-0.2, -0.15) is 0 Å². The number of benzene rings is 1. The number of rotatable bonds is 3. The van der Waals surface area contributed by atoms with Gasteiger partial charge in [0.15, 0.2) is 11.6 Å². The summed E-state index contributed by atoms with van der Waals surface area (Å²) in [6.07, 6.45) is -1.43. The van der Waals surface area contributed by atoms with Gasteiger partial charge >= 0.3 is 5.97 Å². The molecule has 0 radical (unpaired) electrons. The predicted octanol–water partition coefficient (Wildman–Crippen LogP) is 2.56. The van der Waals surface area contributed by atoms with Gasteiger partial charge in [-0.25, -0.2) is 13.6 Å². The van der Waals surface area contributed by atoms with Crippen molar-refractivity contribution < 1.29 is 23.4 Å². The Kier molecular flexibility index (Phi) is 3.24. The summed E-state index contributed by atoms with van der Waals surface area (Å²) in [5, 5.41) is 8.76. The van der Waals surface area contributed by atoms with Crippen LogP contribution >= 0.6 is 0 Å². The van der Waals surface area contributed by atoms with Gasteiger partial charge in [0.2, 0.25) is 0 Å². The largest absolute Gasteiger partial charge is 0.493 e. The Bertz CT molecular complexity index is 388. The maximum atomic E-state index is 13.3. The first-order chi connectivity index (χ1) is 6.97. The van der Waals surface area contributed by atoms with Crippen LogP contribution in [-0.2, 0) is 0 Å². The molecule has 0 aliphatic heterocycles. The van der Waals surface area contributed by atoms with E-state index >= 15 is 0 Å². The Morgan fingerprint density at radius 1 is 1.53 bits per heavy atom. The summed E-state index contributed by atoms with van der Waals surface area (Å²) in [5.41, 5.74) is -0.400. The molecule has 5 heteroatoms. The first-order valence-corrected chi connectivity index (χ1v) is 4.22. The lowest BCUT2D eigenvalue weighted by molar-refractivity contribution is 0.0692. The van der Waals surface area contributed by atoms with Gasteiger partial charge in [-0.15, -0.1) is 0 Å². The molecule has 1 unspecified atom stereocenters. The number of hydrogen-bond donors (Lipinski definition) is 1. The third-order valence-electron chi connectivity index (χ3n) is 1.96. The first-order valence-electron chi connectivity index (χ1n) is 4.22. The predicted molar refractivity (Wildman–Crippen MR) is 49.4 cm³/mol. The molecule has 0 fully saturated rings. The molecule has 15 heavy (non-hydrogen) atoms. The molecule has 0 saturated heterocycles.